The summed E-state index contributed by atoms with van der Waals surface area (Å²) in [6, 6.07) is 21.0. The molecule has 2 amide bonds. The Morgan fingerprint density at radius 2 is 1.60 bits per heavy atom. The first-order chi connectivity index (χ1) is 16.8. The van der Waals surface area contributed by atoms with E-state index in [0.717, 1.165) is 27.8 Å². The minimum atomic E-state index is -1.56. The molecule has 35 heavy (non-hydrogen) atoms. The number of aliphatic hydroxyl groups excluding tert-OH is 1. The Balaban J connectivity index is 1.42. The molecule has 3 aromatic rings. The molecule has 0 radical (unpaired) electrons. The fourth-order valence-electron chi connectivity index (χ4n) is 4.24. The van der Waals surface area contributed by atoms with Crippen LogP contribution in [0.25, 0.3) is 11.1 Å². The Morgan fingerprint density at radius 3 is 2.23 bits per heavy atom. The molecule has 8 heteroatoms. The summed E-state index contributed by atoms with van der Waals surface area (Å²) in [6.07, 6.45) is -2.39. The zero-order valence-corrected chi connectivity index (χ0v) is 19.2. The number of carbonyl (C=O) groups is 3. The van der Waals surface area contributed by atoms with Gasteiger partial charge in [-0.2, -0.15) is 0 Å². The van der Waals surface area contributed by atoms with E-state index in [4.69, 9.17) is 9.84 Å². The highest BCUT2D eigenvalue weighted by Crippen LogP contribution is 2.44. The predicted octanol–water partition coefficient (Wildman–Crippen LogP) is 3.92. The van der Waals surface area contributed by atoms with Crippen LogP contribution in [0, 0.1) is 6.92 Å². The molecule has 3 aromatic carbocycles. The Bertz CT molecular complexity index is 1230. The van der Waals surface area contributed by atoms with Gasteiger partial charge in [0.2, 0.25) is 0 Å². The van der Waals surface area contributed by atoms with Crippen molar-refractivity contribution in [2.24, 2.45) is 0 Å². The smallest absolute Gasteiger partial charge is 0.411 e. The summed E-state index contributed by atoms with van der Waals surface area (Å²) in [7, 11) is 0. The SMILES string of the molecule is Cc1ccc(NC(=O)OCC2c3ccccc3-c3ccccc32)c(C(=O)NCCC(O)C(=O)O)c1. The Kier molecular flexibility index (Phi) is 7.12. The van der Waals surface area contributed by atoms with E-state index in [1.165, 1.54) is 0 Å². The molecule has 1 unspecified atom stereocenters. The molecule has 0 aliphatic heterocycles. The van der Waals surface area contributed by atoms with Crippen LogP contribution in [0.1, 0.15) is 39.4 Å². The van der Waals surface area contributed by atoms with Crippen LogP contribution in [0.4, 0.5) is 10.5 Å². The van der Waals surface area contributed by atoms with E-state index in [2.05, 4.69) is 22.8 Å². The number of aliphatic carboxylic acids is 1. The molecule has 0 saturated carbocycles. The number of aryl methyl sites for hydroxylation is 1. The molecule has 180 valence electrons. The molecule has 0 aromatic heterocycles. The van der Waals surface area contributed by atoms with Crippen molar-refractivity contribution in [3.8, 4) is 11.1 Å². The van der Waals surface area contributed by atoms with Crippen molar-refractivity contribution in [3.63, 3.8) is 0 Å². The zero-order chi connectivity index (χ0) is 24.9. The third-order valence-electron chi connectivity index (χ3n) is 5.99. The molecule has 0 heterocycles. The number of anilines is 1. The minimum absolute atomic E-state index is 0.0371. The summed E-state index contributed by atoms with van der Waals surface area (Å²) >= 11 is 0. The lowest BCUT2D eigenvalue weighted by molar-refractivity contribution is -0.146. The topological polar surface area (TPSA) is 125 Å². The molecule has 1 atom stereocenters. The highest BCUT2D eigenvalue weighted by molar-refractivity contribution is 6.02. The van der Waals surface area contributed by atoms with Gasteiger partial charge >= 0.3 is 12.1 Å². The first kappa shape index (κ1) is 24.0. The molecule has 1 aliphatic rings. The van der Waals surface area contributed by atoms with Crippen molar-refractivity contribution >= 4 is 23.7 Å². The highest BCUT2D eigenvalue weighted by atomic mass is 16.5. The summed E-state index contributed by atoms with van der Waals surface area (Å²) in [5.74, 6) is -1.94. The van der Waals surface area contributed by atoms with E-state index in [9.17, 15) is 19.5 Å². The number of carbonyl (C=O) groups excluding carboxylic acids is 2. The molecule has 4 N–H and O–H groups in total. The zero-order valence-electron chi connectivity index (χ0n) is 19.2. The van der Waals surface area contributed by atoms with Gasteiger partial charge in [-0.1, -0.05) is 60.2 Å². The van der Waals surface area contributed by atoms with Crippen molar-refractivity contribution in [1.29, 1.82) is 0 Å². The van der Waals surface area contributed by atoms with E-state index in [1.54, 1.807) is 18.2 Å². The maximum Gasteiger partial charge on any atom is 0.411 e. The number of carboxylic acids is 1. The van der Waals surface area contributed by atoms with Gasteiger partial charge in [0, 0.05) is 18.9 Å². The van der Waals surface area contributed by atoms with Crippen LogP contribution in [0.2, 0.25) is 0 Å². The van der Waals surface area contributed by atoms with E-state index < -0.39 is 24.1 Å². The second kappa shape index (κ2) is 10.4. The molecule has 1 aliphatic carbocycles. The van der Waals surface area contributed by atoms with Crippen LogP contribution < -0.4 is 10.6 Å². The first-order valence-electron chi connectivity index (χ1n) is 11.3. The second-order valence-corrected chi connectivity index (χ2v) is 8.40. The number of hydrogen-bond donors (Lipinski definition) is 4. The quantitative estimate of drug-likeness (QED) is 0.392. The van der Waals surface area contributed by atoms with Gasteiger partial charge in [0.25, 0.3) is 5.91 Å². The lowest BCUT2D eigenvalue weighted by atomic mass is 9.98. The molecule has 0 bridgehead atoms. The van der Waals surface area contributed by atoms with Gasteiger partial charge in [0.1, 0.15) is 6.61 Å². The van der Waals surface area contributed by atoms with Gasteiger partial charge < -0.3 is 20.3 Å². The summed E-state index contributed by atoms with van der Waals surface area (Å²) in [4.78, 5) is 36.1. The van der Waals surface area contributed by atoms with Gasteiger partial charge in [-0.05, 0) is 41.3 Å². The van der Waals surface area contributed by atoms with Crippen molar-refractivity contribution in [2.75, 3.05) is 18.5 Å². The summed E-state index contributed by atoms with van der Waals surface area (Å²) in [5, 5.41) is 23.3. The molecule has 0 saturated heterocycles. The lowest BCUT2D eigenvalue weighted by Gasteiger charge is -2.16. The average molecular weight is 475 g/mol. The van der Waals surface area contributed by atoms with E-state index in [0.29, 0.717) is 0 Å². The van der Waals surface area contributed by atoms with Crippen molar-refractivity contribution in [1.82, 2.24) is 5.32 Å². The second-order valence-electron chi connectivity index (χ2n) is 8.40. The minimum Gasteiger partial charge on any atom is -0.479 e. The third kappa shape index (κ3) is 5.33. The van der Waals surface area contributed by atoms with Crippen LogP contribution in [-0.2, 0) is 9.53 Å². The first-order valence-corrected chi connectivity index (χ1v) is 11.3. The molecular weight excluding hydrogens is 448 g/mol. The summed E-state index contributed by atoms with van der Waals surface area (Å²) in [6.45, 7) is 1.91. The lowest BCUT2D eigenvalue weighted by Crippen LogP contribution is -2.30. The van der Waals surface area contributed by atoms with Gasteiger partial charge in [-0.15, -0.1) is 0 Å². The monoisotopic (exact) mass is 474 g/mol. The Hall–Kier alpha value is -4.17. The molecule has 8 nitrogen and oxygen atoms in total. The van der Waals surface area contributed by atoms with Crippen LogP contribution in [-0.4, -0.2) is 47.4 Å². The number of rotatable bonds is 8. The van der Waals surface area contributed by atoms with E-state index in [-0.39, 0.29) is 36.7 Å². The van der Waals surface area contributed by atoms with Crippen LogP contribution in [0.3, 0.4) is 0 Å². The van der Waals surface area contributed by atoms with Gasteiger partial charge in [0.15, 0.2) is 6.10 Å². The fourth-order valence-corrected chi connectivity index (χ4v) is 4.24. The Morgan fingerprint density at radius 1 is 0.971 bits per heavy atom. The van der Waals surface area contributed by atoms with Crippen LogP contribution >= 0.6 is 0 Å². The van der Waals surface area contributed by atoms with Crippen molar-refractivity contribution in [3.05, 3.63) is 89.0 Å². The van der Waals surface area contributed by atoms with Gasteiger partial charge in [-0.25, -0.2) is 9.59 Å². The number of hydrogen-bond acceptors (Lipinski definition) is 5. The summed E-state index contributed by atoms with van der Waals surface area (Å²) in [5.41, 5.74) is 5.73. The largest absolute Gasteiger partial charge is 0.479 e. The molecule has 0 spiro atoms. The molecular formula is C27H26N2O6. The summed E-state index contributed by atoms with van der Waals surface area (Å²) < 4.78 is 5.57. The van der Waals surface area contributed by atoms with Gasteiger partial charge in [-0.3, -0.25) is 10.1 Å². The number of fused-ring (bicyclic) bond motifs is 3. The third-order valence-corrected chi connectivity index (χ3v) is 5.99. The van der Waals surface area contributed by atoms with E-state index >= 15 is 0 Å². The van der Waals surface area contributed by atoms with Crippen molar-refractivity contribution in [2.45, 2.75) is 25.4 Å². The number of aliphatic hydroxyl groups is 1. The number of ether oxygens (including phenoxy) is 1. The standard InChI is InChI=1S/C27H26N2O6/c1-16-10-11-23(21(14-16)25(31)28-13-12-24(30)26(32)33)29-27(34)35-15-22-19-8-4-2-6-17(19)18-7-3-5-9-20(18)22/h2-11,14,22,24,30H,12-13,15H2,1H3,(H,28,31)(H,29,34)(H,32,33). The van der Waals surface area contributed by atoms with Gasteiger partial charge in [0.05, 0.1) is 11.3 Å². The number of carboxylic acid groups (broad SMARTS) is 1. The van der Waals surface area contributed by atoms with Crippen molar-refractivity contribution < 1.29 is 29.3 Å². The normalized spacial score (nSPS) is 12.9. The predicted molar refractivity (Wildman–Crippen MR) is 130 cm³/mol. The number of benzene rings is 3. The average Bonchev–Trinajstić information content (AvgIpc) is 3.17. The molecule has 4 rings (SSSR count). The maximum absolute atomic E-state index is 12.7. The maximum atomic E-state index is 12.7. The fraction of sp³-hybridized carbons (Fsp3) is 0.222. The van der Waals surface area contributed by atoms with Crippen LogP contribution in [0.5, 0.6) is 0 Å². The number of nitrogens with one attached hydrogen (secondary N) is 2. The van der Waals surface area contributed by atoms with E-state index in [1.807, 2.05) is 43.3 Å². The van der Waals surface area contributed by atoms with Crippen LogP contribution in [0.15, 0.2) is 66.7 Å². The molecule has 0 fully saturated rings. The highest BCUT2D eigenvalue weighted by Gasteiger charge is 2.29. The Labute approximate surface area is 202 Å². The number of amides is 2.